The molecule has 0 aromatic carbocycles. The molecule has 2 rings (SSSR count). The molecule has 0 unspecified atom stereocenters. The Balaban J connectivity index is 1.58. The zero-order chi connectivity index (χ0) is 13.2. The van der Waals surface area contributed by atoms with E-state index in [1.54, 1.807) is 0 Å². The summed E-state index contributed by atoms with van der Waals surface area (Å²) < 4.78 is 0. The molecular formula is C14H26N2O2. The highest BCUT2D eigenvalue weighted by atomic mass is 16.3. The van der Waals surface area contributed by atoms with Gasteiger partial charge < -0.3 is 10.0 Å². The number of aliphatic hydroxyl groups is 1. The molecule has 1 amide bonds. The predicted molar refractivity (Wildman–Crippen MR) is 71.3 cm³/mol. The van der Waals surface area contributed by atoms with Crippen molar-refractivity contribution < 1.29 is 9.90 Å². The Morgan fingerprint density at radius 3 is 2.44 bits per heavy atom. The van der Waals surface area contributed by atoms with Gasteiger partial charge in [0.25, 0.3) is 0 Å². The van der Waals surface area contributed by atoms with Gasteiger partial charge in [0.05, 0.1) is 5.60 Å². The second-order valence-corrected chi connectivity index (χ2v) is 5.76. The van der Waals surface area contributed by atoms with Gasteiger partial charge in [-0.05, 0) is 45.6 Å². The summed E-state index contributed by atoms with van der Waals surface area (Å²) in [6.07, 6.45) is 3.95. The number of carbonyl (C=O) groups excluding carboxylic acids is 1. The van der Waals surface area contributed by atoms with Crippen molar-refractivity contribution in [3.8, 4) is 0 Å². The molecule has 0 atom stereocenters. The lowest BCUT2D eigenvalue weighted by molar-refractivity contribution is -0.131. The lowest BCUT2D eigenvalue weighted by Gasteiger charge is -2.47. The van der Waals surface area contributed by atoms with Crippen molar-refractivity contribution in [1.82, 2.24) is 9.80 Å². The maximum atomic E-state index is 11.8. The molecule has 2 fully saturated rings. The maximum absolute atomic E-state index is 11.8. The third-order valence-corrected chi connectivity index (χ3v) is 4.31. The highest BCUT2D eigenvalue weighted by molar-refractivity contribution is 5.76. The van der Waals surface area contributed by atoms with Crippen LogP contribution in [0.1, 0.15) is 39.5 Å². The standard InChI is InChI=1S/C14H26N2O2/c1-3-16(4-2)13(17)6-5-9-15-10-14(18,11-15)12-7-8-12/h12,18H,3-11H2,1-2H3. The molecule has 4 nitrogen and oxygen atoms in total. The van der Waals surface area contributed by atoms with Crippen LogP contribution >= 0.6 is 0 Å². The van der Waals surface area contributed by atoms with E-state index >= 15 is 0 Å². The van der Waals surface area contributed by atoms with Gasteiger partial charge in [-0.1, -0.05) is 0 Å². The van der Waals surface area contributed by atoms with Crippen molar-refractivity contribution in [2.45, 2.75) is 45.1 Å². The number of amides is 1. The van der Waals surface area contributed by atoms with Gasteiger partial charge in [0.1, 0.15) is 0 Å². The molecule has 1 heterocycles. The number of rotatable bonds is 7. The van der Waals surface area contributed by atoms with Crippen molar-refractivity contribution in [2.75, 3.05) is 32.7 Å². The molecule has 0 aromatic rings. The summed E-state index contributed by atoms with van der Waals surface area (Å²) in [6.45, 7) is 8.23. The fourth-order valence-corrected chi connectivity index (χ4v) is 2.95. The Bertz CT molecular complexity index is 292. The third-order valence-electron chi connectivity index (χ3n) is 4.31. The lowest BCUT2D eigenvalue weighted by atomic mass is 9.88. The van der Waals surface area contributed by atoms with Crippen LogP contribution < -0.4 is 0 Å². The van der Waals surface area contributed by atoms with E-state index < -0.39 is 0 Å². The number of likely N-dealkylation sites (tertiary alicyclic amines) is 1. The second kappa shape index (κ2) is 5.57. The van der Waals surface area contributed by atoms with E-state index in [-0.39, 0.29) is 11.5 Å². The highest BCUT2D eigenvalue weighted by Crippen LogP contribution is 2.44. The Morgan fingerprint density at radius 1 is 1.33 bits per heavy atom. The van der Waals surface area contributed by atoms with Gasteiger partial charge in [-0.2, -0.15) is 0 Å². The topological polar surface area (TPSA) is 43.8 Å². The fraction of sp³-hybridized carbons (Fsp3) is 0.929. The van der Waals surface area contributed by atoms with Crippen molar-refractivity contribution >= 4 is 5.91 Å². The molecule has 104 valence electrons. The maximum Gasteiger partial charge on any atom is 0.222 e. The Hall–Kier alpha value is -0.610. The van der Waals surface area contributed by atoms with E-state index in [0.29, 0.717) is 12.3 Å². The second-order valence-electron chi connectivity index (χ2n) is 5.76. The fourth-order valence-electron chi connectivity index (χ4n) is 2.95. The zero-order valence-electron chi connectivity index (χ0n) is 11.7. The number of carbonyl (C=O) groups is 1. The van der Waals surface area contributed by atoms with Crippen LogP contribution in [-0.2, 0) is 4.79 Å². The molecule has 0 radical (unpaired) electrons. The van der Waals surface area contributed by atoms with Crippen molar-refractivity contribution in [3.63, 3.8) is 0 Å². The van der Waals surface area contributed by atoms with Gasteiger partial charge in [0, 0.05) is 32.6 Å². The number of nitrogens with zero attached hydrogens (tertiary/aromatic N) is 2. The van der Waals surface area contributed by atoms with E-state index in [1.165, 1.54) is 12.8 Å². The summed E-state index contributed by atoms with van der Waals surface area (Å²) >= 11 is 0. The first-order chi connectivity index (χ1) is 8.59. The predicted octanol–water partition coefficient (Wildman–Crippen LogP) is 1.09. The zero-order valence-corrected chi connectivity index (χ0v) is 11.7. The molecule has 1 saturated heterocycles. The van der Waals surface area contributed by atoms with Crippen LogP contribution in [0.25, 0.3) is 0 Å². The first kappa shape index (κ1) is 13.8. The number of hydrogen-bond acceptors (Lipinski definition) is 3. The van der Waals surface area contributed by atoms with E-state index in [0.717, 1.165) is 39.1 Å². The van der Waals surface area contributed by atoms with E-state index in [9.17, 15) is 9.90 Å². The summed E-state index contributed by atoms with van der Waals surface area (Å²) in [7, 11) is 0. The average Bonchev–Trinajstić information content (AvgIpc) is 3.12. The molecule has 18 heavy (non-hydrogen) atoms. The summed E-state index contributed by atoms with van der Waals surface area (Å²) in [5.74, 6) is 0.823. The van der Waals surface area contributed by atoms with E-state index in [2.05, 4.69) is 4.90 Å². The Kier molecular flexibility index (Phi) is 4.28. The van der Waals surface area contributed by atoms with Crippen molar-refractivity contribution in [2.24, 2.45) is 5.92 Å². The van der Waals surface area contributed by atoms with Gasteiger partial charge in [0.15, 0.2) is 0 Å². The minimum atomic E-state index is -0.386. The largest absolute Gasteiger partial charge is 0.387 e. The SMILES string of the molecule is CCN(CC)C(=O)CCCN1CC(O)(C2CC2)C1. The molecule has 0 bridgehead atoms. The lowest BCUT2D eigenvalue weighted by Crippen LogP contribution is -2.63. The van der Waals surface area contributed by atoms with Crippen LogP contribution in [0.3, 0.4) is 0 Å². The first-order valence-corrected chi connectivity index (χ1v) is 7.31. The van der Waals surface area contributed by atoms with Crippen LogP contribution in [0.2, 0.25) is 0 Å². The molecular weight excluding hydrogens is 228 g/mol. The Labute approximate surface area is 110 Å². The van der Waals surface area contributed by atoms with Gasteiger partial charge in [-0.15, -0.1) is 0 Å². The van der Waals surface area contributed by atoms with Gasteiger partial charge in [-0.25, -0.2) is 0 Å². The average molecular weight is 254 g/mol. The molecule has 2 aliphatic rings. The molecule has 0 spiro atoms. The van der Waals surface area contributed by atoms with Crippen molar-refractivity contribution in [3.05, 3.63) is 0 Å². The normalized spacial score (nSPS) is 22.6. The molecule has 1 aliphatic carbocycles. The summed E-state index contributed by atoms with van der Waals surface area (Å²) in [4.78, 5) is 16.0. The van der Waals surface area contributed by atoms with Crippen LogP contribution in [0, 0.1) is 5.92 Å². The highest BCUT2D eigenvalue weighted by Gasteiger charge is 2.51. The number of β-amino-alcohol motifs (C(OH)–C–C–N with tert-alkyl or cyclic N) is 1. The molecule has 4 heteroatoms. The third kappa shape index (κ3) is 3.04. The van der Waals surface area contributed by atoms with Crippen LogP contribution in [0.4, 0.5) is 0 Å². The van der Waals surface area contributed by atoms with Gasteiger partial charge >= 0.3 is 0 Å². The van der Waals surface area contributed by atoms with Crippen LogP contribution in [0.5, 0.6) is 0 Å². The molecule has 1 N–H and O–H groups in total. The molecule has 1 aliphatic heterocycles. The van der Waals surface area contributed by atoms with Crippen LogP contribution in [-0.4, -0.2) is 59.1 Å². The van der Waals surface area contributed by atoms with Gasteiger partial charge in [0.2, 0.25) is 5.91 Å². The van der Waals surface area contributed by atoms with Crippen LogP contribution in [0.15, 0.2) is 0 Å². The van der Waals surface area contributed by atoms with Crippen molar-refractivity contribution in [1.29, 1.82) is 0 Å². The molecule has 1 saturated carbocycles. The van der Waals surface area contributed by atoms with E-state index in [4.69, 9.17) is 0 Å². The quantitative estimate of drug-likeness (QED) is 0.739. The first-order valence-electron chi connectivity index (χ1n) is 7.31. The minimum absolute atomic E-state index is 0.262. The summed E-state index contributed by atoms with van der Waals surface area (Å²) in [6, 6.07) is 0. The monoisotopic (exact) mass is 254 g/mol. The summed E-state index contributed by atoms with van der Waals surface area (Å²) in [5.41, 5.74) is -0.386. The van der Waals surface area contributed by atoms with E-state index in [1.807, 2.05) is 18.7 Å². The number of hydrogen-bond donors (Lipinski definition) is 1. The summed E-state index contributed by atoms with van der Waals surface area (Å²) in [5, 5.41) is 10.2. The minimum Gasteiger partial charge on any atom is -0.387 e. The molecule has 0 aromatic heterocycles. The smallest absolute Gasteiger partial charge is 0.222 e. The van der Waals surface area contributed by atoms with Gasteiger partial charge in [-0.3, -0.25) is 9.69 Å². The Morgan fingerprint density at radius 2 is 1.94 bits per heavy atom.